The highest BCUT2D eigenvalue weighted by atomic mass is 16.2. The molecule has 0 fully saturated rings. The minimum Gasteiger partial charge on any atom is -0.345 e. The summed E-state index contributed by atoms with van der Waals surface area (Å²) < 4.78 is 0. The van der Waals surface area contributed by atoms with Gasteiger partial charge in [-0.25, -0.2) is 0 Å². The van der Waals surface area contributed by atoms with Crippen LogP contribution < -0.4 is 5.32 Å². The molecule has 0 saturated heterocycles. The third kappa shape index (κ3) is 6.00. The van der Waals surface area contributed by atoms with Crippen LogP contribution in [0, 0.1) is 0 Å². The van der Waals surface area contributed by atoms with E-state index < -0.39 is 0 Å². The lowest BCUT2D eigenvalue weighted by molar-refractivity contribution is -0.138. The Balaban J connectivity index is 4.07. The van der Waals surface area contributed by atoms with Crippen molar-refractivity contribution in [2.24, 2.45) is 0 Å². The highest BCUT2D eigenvalue weighted by Gasteiger charge is 2.15. The molecule has 5 heteroatoms. The molecule has 0 aliphatic heterocycles. The van der Waals surface area contributed by atoms with Crippen LogP contribution in [0.4, 0.5) is 0 Å². The van der Waals surface area contributed by atoms with Crippen LogP contribution in [0.3, 0.4) is 0 Å². The van der Waals surface area contributed by atoms with Crippen molar-refractivity contribution in [2.45, 2.75) is 39.7 Å². The molecule has 2 amide bonds. The van der Waals surface area contributed by atoms with Crippen molar-refractivity contribution < 1.29 is 9.59 Å². The van der Waals surface area contributed by atoms with E-state index >= 15 is 0 Å². The van der Waals surface area contributed by atoms with Crippen molar-refractivity contribution in [1.29, 1.82) is 0 Å². The van der Waals surface area contributed by atoms with Gasteiger partial charge in [-0.05, 0) is 19.8 Å². The monoisotopic (exact) mass is 257 g/mol. The largest absolute Gasteiger partial charge is 0.345 e. The molecular weight excluding hydrogens is 230 g/mol. The van der Waals surface area contributed by atoms with Crippen LogP contribution in [-0.4, -0.2) is 61.4 Å². The number of nitrogens with one attached hydrogen (secondary N) is 1. The fourth-order valence-corrected chi connectivity index (χ4v) is 1.53. The van der Waals surface area contributed by atoms with Crippen LogP contribution in [0.1, 0.15) is 33.6 Å². The van der Waals surface area contributed by atoms with Crippen LogP contribution >= 0.6 is 0 Å². The zero-order chi connectivity index (χ0) is 14.1. The van der Waals surface area contributed by atoms with E-state index in [1.54, 1.807) is 19.0 Å². The van der Waals surface area contributed by atoms with Gasteiger partial charge in [0.1, 0.15) is 0 Å². The molecule has 0 aliphatic rings. The van der Waals surface area contributed by atoms with Gasteiger partial charge in [-0.15, -0.1) is 0 Å². The average molecular weight is 257 g/mol. The topological polar surface area (TPSA) is 52.7 Å². The van der Waals surface area contributed by atoms with Gasteiger partial charge in [-0.2, -0.15) is 0 Å². The summed E-state index contributed by atoms with van der Waals surface area (Å²) in [7, 11) is 3.40. The Bertz CT molecular complexity index is 265. The number of nitrogens with zero attached hydrogens (tertiary/aromatic N) is 2. The normalized spacial score (nSPS) is 10.6. The molecule has 0 heterocycles. The highest BCUT2D eigenvalue weighted by molar-refractivity contribution is 5.85. The Morgan fingerprint density at radius 3 is 2.00 bits per heavy atom. The fraction of sp³-hybridized carbons (Fsp3) is 0.846. The number of hydrogen-bond donors (Lipinski definition) is 1. The van der Waals surface area contributed by atoms with Gasteiger partial charge in [0.2, 0.25) is 11.8 Å². The summed E-state index contributed by atoms with van der Waals surface area (Å²) in [5.74, 6) is -0.0735. The number of likely N-dealkylation sites (N-methyl/N-ethyl adjacent to an activating group) is 2. The van der Waals surface area contributed by atoms with E-state index in [4.69, 9.17) is 0 Å². The van der Waals surface area contributed by atoms with Crippen LogP contribution in [0.2, 0.25) is 0 Å². The summed E-state index contributed by atoms with van der Waals surface area (Å²) in [5.41, 5.74) is 0. The maximum absolute atomic E-state index is 11.8. The zero-order valence-electron chi connectivity index (χ0n) is 12.3. The van der Waals surface area contributed by atoms with E-state index in [1.165, 1.54) is 4.90 Å². The van der Waals surface area contributed by atoms with Crippen LogP contribution in [-0.2, 0) is 9.59 Å². The van der Waals surface area contributed by atoms with Gasteiger partial charge in [-0.3, -0.25) is 9.59 Å². The molecule has 0 bridgehead atoms. The van der Waals surface area contributed by atoms with Gasteiger partial charge in [0.05, 0.1) is 13.1 Å². The molecule has 106 valence electrons. The van der Waals surface area contributed by atoms with E-state index in [-0.39, 0.29) is 18.4 Å². The lowest BCUT2D eigenvalue weighted by Crippen LogP contribution is -2.44. The predicted molar refractivity (Wildman–Crippen MR) is 73.3 cm³/mol. The van der Waals surface area contributed by atoms with Crippen LogP contribution in [0.25, 0.3) is 0 Å². The molecule has 0 spiro atoms. The number of carbonyl (C=O) groups is 2. The molecule has 0 radical (unpaired) electrons. The second-order valence-corrected chi connectivity index (χ2v) is 4.55. The SMILES string of the molecule is CCC(CC)NCC(=O)N(C)CC(=O)N(C)CC. The average Bonchev–Trinajstić information content (AvgIpc) is 2.38. The molecule has 0 aliphatic carbocycles. The number of carbonyl (C=O) groups excluding carboxylic acids is 2. The van der Waals surface area contributed by atoms with Gasteiger partial charge in [0.25, 0.3) is 0 Å². The van der Waals surface area contributed by atoms with Crippen LogP contribution in [0.15, 0.2) is 0 Å². The Hall–Kier alpha value is -1.10. The molecular formula is C13H27N3O2. The fourth-order valence-electron chi connectivity index (χ4n) is 1.53. The molecule has 0 rings (SSSR count). The summed E-state index contributed by atoms with van der Waals surface area (Å²) in [6.45, 7) is 7.20. The summed E-state index contributed by atoms with van der Waals surface area (Å²) in [6, 6.07) is 0.372. The molecule has 0 atom stereocenters. The predicted octanol–water partition coefficient (Wildman–Crippen LogP) is 0.701. The van der Waals surface area contributed by atoms with Crippen molar-refractivity contribution >= 4 is 11.8 Å². The number of amides is 2. The maximum Gasteiger partial charge on any atom is 0.241 e. The third-order valence-corrected chi connectivity index (χ3v) is 3.23. The molecule has 1 N–H and O–H groups in total. The summed E-state index contributed by atoms with van der Waals surface area (Å²) in [5, 5.41) is 3.20. The lowest BCUT2D eigenvalue weighted by Gasteiger charge is -2.22. The molecule has 0 saturated carbocycles. The van der Waals surface area contributed by atoms with Gasteiger partial charge in [0.15, 0.2) is 0 Å². The van der Waals surface area contributed by atoms with Gasteiger partial charge >= 0.3 is 0 Å². The molecule has 0 unspecified atom stereocenters. The van der Waals surface area contributed by atoms with Crippen LogP contribution in [0.5, 0.6) is 0 Å². The lowest BCUT2D eigenvalue weighted by atomic mass is 10.2. The second-order valence-electron chi connectivity index (χ2n) is 4.55. The van der Waals surface area contributed by atoms with Gasteiger partial charge < -0.3 is 15.1 Å². The molecule has 0 aromatic heterocycles. The second kappa shape index (κ2) is 8.91. The first kappa shape index (κ1) is 16.9. The van der Waals surface area contributed by atoms with Crippen molar-refractivity contribution in [3.8, 4) is 0 Å². The number of hydrogen-bond acceptors (Lipinski definition) is 3. The first-order chi connectivity index (χ1) is 8.46. The van der Waals surface area contributed by atoms with Crippen molar-refractivity contribution in [1.82, 2.24) is 15.1 Å². The quantitative estimate of drug-likeness (QED) is 0.696. The molecule has 18 heavy (non-hydrogen) atoms. The zero-order valence-corrected chi connectivity index (χ0v) is 12.3. The van der Waals surface area contributed by atoms with E-state index in [0.29, 0.717) is 19.1 Å². The molecule has 0 aromatic rings. The molecule has 5 nitrogen and oxygen atoms in total. The molecule has 0 aromatic carbocycles. The Kier molecular flexibility index (Phi) is 8.37. The van der Waals surface area contributed by atoms with Gasteiger partial charge in [-0.1, -0.05) is 13.8 Å². The first-order valence-corrected chi connectivity index (χ1v) is 6.67. The minimum absolute atomic E-state index is 0.0316. The van der Waals surface area contributed by atoms with E-state index in [0.717, 1.165) is 12.8 Å². The van der Waals surface area contributed by atoms with Crippen molar-refractivity contribution in [3.63, 3.8) is 0 Å². The van der Waals surface area contributed by atoms with Crippen molar-refractivity contribution in [3.05, 3.63) is 0 Å². The van der Waals surface area contributed by atoms with E-state index in [1.807, 2.05) is 6.92 Å². The summed E-state index contributed by atoms with van der Waals surface area (Å²) in [4.78, 5) is 26.6. The maximum atomic E-state index is 11.8. The van der Waals surface area contributed by atoms with Gasteiger partial charge in [0, 0.05) is 26.7 Å². The summed E-state index contributed by atoms with van der Waals surface area (Å²) in [6.07, 6.45) is 2.01. The minimum atomic E-state index is -0.0419. The number of rotatable bonds is 8. The highest BCUT2D eigenvalue weighted by Crippen LogP contribution is 1.96. The van der Waals surface area contributed by atoms with Crippen molar-refractivity contribution in [2.75, 3.05) is 33.7 Å². The Labute approximate surface area is 111 Å². The smallest absolute Gasteiger partial charge is 0.241 e. The van der Waals surface area contributed by atoms with E-state index in [9.17, 15) is 9.59 Å². The van der Waals surface area contributed by atoms with E-state index in [2.05, 4.69) is 19.2 Å². The Morgan fingerprint density at radius 1 is 1.00 bits per heavy atom. The Morgan fingerprint density at radius 2 is 1.56 bits per heavy atom. The summed E-state index contributed by atoms with van der Waals surface area (Å²) >= 11 is 0. The third-order valence-electron chi connectivity index (χ3n) is 3.23. The first-order valence-electron chi connectivity index (χ1n) is 6.67. The standard InChI is InChI=1S/C13H27N3O2/c1-6-11(7-2)14-9-12(17)16(5)10-13(18)15(4)8-3/h11,14H,6-10H2,1-5H3.